The summed E-state index contributed by atoms with van der Waals surface area (Å²) in [7, 11) is 2.99. The van der Waals surface area contributed by atoms with E-state index in [1.165, 1.54) is 11.6 Å². The molecule has 0 unspecified atom stereocenters. The number of hydrazone groups is 1. The fourth-order valence-electron chi connectivity index (χ4n) is 2.62. The number of rotatable bonds is 5. The molecule has 0 saturated heterocycles. The van der Waals surface area contributed by atoms with Gasteiger partial charge in [-0.2, -0.15) is 5.43 Å². The van der Waals surface area contributed by atoms with E-state index in [1.54, 1.807) is 17.8 Å². The largest absolute Gasteiger partial charge is 0.393 e. The highest BCUT2D eigenvalue weighted by molar-refractivity contribution is 5.79. The van der Waals surface area contributed by atoms with E-state index in [-0.39, 0.29) is 18.7 Å². The minimum Gasteiger partial charge on any atom is -0.393 e. The second-order valence-corrected chi connectivity index (χ2v) is 5.53. The molecule has 9 nitrogen and oxygen atoms in total. The molecule has 2 heterocycles. The van der Waals surface area contributed by atoms with E-state index in [1.807, 2.05) is 30.3 Å². The van der Waals surface area contributed by atoms with Crippen LogP contribution in [0.1, 0.15) is 5.56 Å². The van der Waals surface area contributed by atoms with E-state index in [4.69, 9.17) is 0 Å². The van der Waals surface area contributed by atoms with Gasteiger partial charge in [0, 0.05) is 14.1 Å². The van der Waals surface area contributed by atoms with Crippen LogP contribution in [-0.2, 0) is 20.6 Å². The molecule has 0 aliphatic rings. The minimum atomic E-state index is -0.442. The number of aryl methyl sites for hydroxylation is 1. The zero-order chi connectivity index (χ0) is 18.0. The standard InChI is InChI=1S/C16H18N6O3/c1-20-13-12(14(24)21(2)16(20)25)22(8-9-23)15(18-13)19-17-10-11-6-4-3-5-7-11/h3-7,10,23H,8-9H2,1-2H3,(H,18,19,24)/p+1/b17-10+. The molecule has 3 rings (SSSR count). The maximum atomic E-state index is 12.5. The fourth-order valence-corrected chi connectivity index (χ4v) is 2.62. The van der Waals surface area contributed by atoms with Gasteiger partial charge in [-0.1, -0.05) is 30.3 Å². The highest BCUT2D eigenvalue weighted by atomic mass is 16.3. The van der Waals surface area contributed by atoms with Crippen molar-refractivity contribution in [2.24, 2.45) is 19.2 Å². The predicted molar refractivity (Wildman–Crippen MR) is 93.7 cm³/mol. The highest BCUT2D eigenvalue weighted by Crippen LogP contribution is 2.07. The van der Waals surface area contributed by atoms with E-state index in [2.05, 4.69) is 15.5 Å². The molecule has 0 fully saturated rings. The normalized spacial score (nSPS) is 11.5. The quantitative estimate of drug-likeness (QED) is 0.323. The van der Waals surface area contributed by atoms with Crippen LogP contribution in [0.4, 0.5) is 5.95 Å². The monoisotopic (exact) mass is 343 g/mol. The number of benzene rings is 1. The molecule has 0 bridgehead atoms. The first-order valence-electron chi connectivity index (χ1n) is 7.71. The number of nitrogens with zero attached hydrogens (tertiary/aromatic N) is 4. The third-order valence-corrected chi connectivity index (χ3v) is 3.92. The molecule has 2 aromatic heterocycles. The van der Waals surface area contributed by atoms with Crippen LogP contribution in [0.3, 0.4) is 0 Å². The zero-order valence-electron chi connectivity index (χ0n) is 13.9. The van der Waals surface area contributed by atoms with Crippen molar-refractivity contribution < 1.29 is 9.67 Å². The van der Waals surface area contributed by atoms with Crippen LogP contribution < -0.4 is 21.2 Å². The molecule has 0 atom stereocenters. The summed E-state index contributed by atoms with van der Waals surface area (Å²) in [6.45, 7) is 0.0112. The predicted octanol–water partition coefficient (Wildman–Crippen LogP) is -0.709. The molecule has 25 heavy (non-hydrogen) atoms. The Balaban J connectivity index is 2.09. The van der Waals surface area contributed by atoms with Gasteiger partial charge in [0.25, 0.3) is 5.56 Å². The summed E-state index contributed by atoms with van der Waals surface area (Å²) in [6, 6.07) is 9.51. The average molecular weight is 343 g/mol. The number of anilines is 1. The van der Waals surface area contributed by atoms with E-state index in [9.17, 15) is 14.7 Å². The number of fused-ring (bicyclic) bond motifs is 1. The number of hydrogen-bond donors (Lipinski definition) is 3. The molecule has 0 spiro atoms. The Morgan fingerprint density at radius 3 is 2.64 bits per heavy atom. The first-order chi connectivity index (χ1) is 12.0. The first-order valence-corrected chi connectivity index (χ1v) is 7.71. The maximum absolute atomic E-state index is 12.5. The van der Waals surface area contributed by atoms with E-state index >= 15 is 0 Å². The lowest BCUT2D eigenvalue weighted by Gasteiger charge is -2.02. The van der Waals surface area contributed by atoms with E-state index in [0.717, 1.165) is 10.1 Å². The molecular formula is C16H19N6O3+. The van der Waals surface area contributed by atoms with Crippen molar-refractivity contribution >= 4 is 23.3 Å². The number of nitrogens with one attached hydrogen (secondary N) is 2. The van der Waals surface area contributed by atoms with Crippen LogP contribution in [-0.4, -0.2) is 32.0 Å². The maximum Gasteiger partial charge on any atom is 0.381 e. The van der Waals surface area contributed by atoms with Gasteiger partial charge in [-0.25, -0.2) is 14.3 Å². The van der Waals surface area contributed by atoms with Crippen molar-refractivity contribution in [3.8, 4) is 0 Å². The Kier molecular flexibility index (Phi) is 4.48. The van der Waals surface area contributed by atoms with Crippen molar-refractivity contribution in [2.75, 3.05) is 12.0 Å². The molecule has 0 radical (unpaired) electrons. The zero-order valence-corrected chi connectivity index (χ0v) is 13.9. The van der Waals surface area contributed by atoms with Gasteiger partial charge in [0.2, 0.25) is 11.2 Å². The Hall–Kier alpha value is -3.20. The van der Waals surface area contributed by atoms with Gasteiger partial charge < -0.3 is 5.11 Å². The Morgan fingerprint density at radius 1 is 1.24 bits per heavy atom. The van der Waals surface area contributed by atoms with Gasteiger partial charge >= 0.3 is 11.6 Å². The topological polar surface area (TPSA) is 108 Å². The molecule has 0 aliphatic heterocycles. The fraction of sp³-hybridized carbons (Fsp3) is 0.250. The number of aromatic amines is 1. The summed E-state index contributed by atoms with van der Waals surface area (Å²) < 4.78 is 3.94. The summed E-state index contributed by atoms with van der Waals surface area (Å²) in [5, 5.41) is 13.5. The summed E-state index contributed by atoms with van der Waals surface area (Å²) in [4.78, 5) is 27.5. The van der Waals surface area contributed by atoms with E-state index in [0.29, 0.717) is 11.6 Å². The molecule has 0 aliphatic carbocycles. The Labute approximate surface area is 142 Å². The summed E-state index contributed by atoms with van der Waals surface area (Å²) in [5.41, 5.74) is 3.51. The number of H-pyrrole nitrogens is 1. The summed E-state index contributed by atoms with van der Waals surface area (Å²) in [5.74, 6) is 0.398. The van der Waals surface area contributed by atoms with Crippen LogP contribution >= 0.6 is 0 Å². The number of hydrogen-bond acceptors (Lipinski definition) is 5. The minimum absolute atomic E-state index is 0.166. The third-order valence-electron chi connectivity index (χ3n) is 3.92. The average Bonchev–Trinajstić information content (AvgIpc) is 2.98. The highest BCUT2D eigenvalue weighted by Gasteiger charge is 2.23. The number of aromatic nitrogens is 4. The van der Waals surface area contributed by atoms with Crippen LogP contribution in [0.25, 0.3) is 11.2 Å². The van der Waals surface area contributed by atoms with Crippen LogP contribution in [0.2, 0.25) is 0 Å². The van der Waals surface area contributed by atoms with Gasteiger partial charge in [0.15, 0.2) is 0 Å². The SMILES string of the molecule is Cn1c(=O)c2c([nH]c(N/N=C/c3ccccc3)[n+]2CCO)n(C)c1=O. The summed E-state index contributed by atoms with van der Waals surface area (Å²) in [6.07, 6.45) is 1.63. The first kappa shape index (κ1) is 16.7. The second kappa shape index (κ2) is 6.73. The third kappa shape index (κ3) is 2.96. The molecule has 130 valence electrons. The van der Waals surface area contributed by atoms with Crippen molar-refractivity contribution in [1.82, 2.24) is 14.1 Å². The Morgan fingerprint density at radius 2 is 1.96 bits per heavy atom. The second-order valence-electron chi connectivity index (χ2n) is 5.53. The van der Waals surface area contributed by atoms with E-state index < -0.39 is 11.2 Å². The van der Waals surface area contributed by atoms with Crippen LogP contribution in [0, 0.1) is 0 Å². The van der Waals surface area contributed by atoms with Crippen molar-refractivity contribution in [2.45, 2.75) is 6.54 Å². The lowest BCUT2D eigenvalue weighted by atomic mass is 10.2. The molecule has 3 aromatic rings. The van der Waals surface area contributed by atoms with Crippen LogP contribution in [0.5, 0.6) is 0 Å². The molecule has 0 amide bonds. The number of aliphatic hydroxyl groups is 1. The molecule has 9 heteroatoms. The summed E-state index contributed by atoms with van der Waals surface area (Å²) >= 11 is 0. The molecule has 0 saturated carbocycles. The number of imidazole rings is 1. The van der Waals surface area contributed by atoms with Gasteiger partial charge in [0.05, 0.1) is 19.4 Å². The van der Waals surface area contributed by atoms with Crippen LogP contribution in [0.15, 0.2) is 45.0 Å². The molecule has 3 N–H and O–H groups in total. The van der Waals surface area contributed by atoms with Crippen molar-refractivity contribution in [3.63, 3.8) is 0 Å². The Bertz CT molecular complexity index is 1050. The lowest BCUT2D eigenvalue weighted by Crippen LogP contribution is -2.45. The molecule has 1 aromatic carbocycles. The van der Waals surface area contributed by atoms with Crippen molar-refractivity contribution in [1.29, 1.82) is 0 Å². The van der Waals surface area contributed by atoms with Gasteiger partial charge in [0.1, 0.15) is 0 Å². The van der Waals surface area contributed by atoms with Gasteiger partial charge in [-0.05, 0) is 5.56 Å². The van der Waals surface area contributed by atoms with Gasteiger partial charge in [-0.15, -0.1) is 5.10 Å². The lowest BCUT2D eigenvalue weighted by molar-refractivity contribution is -0.659. The van der Waals surface area contributed by atoms with Gasteiger partial charge in [-0.3, -0.25) is 13.9 Å². The molecular weight excluding hydrogens is 324 g/mol. The number of aliphatic hydroxyl groups excluding tert-OH is 1. The van der Waals surface area contributed by atoms with Crippen molar-refractivity contribution in [3.05, 3.63) is 56.7 Å². The smallest absolute Gasteiger partial charge is 0.381 e.